The SMILES string of the molecule is NNC(c1ccccn1)C1CCOC2(CCOCC2)C1. The van der Waals surface area contributed by atoms with Crippen LogP contribution in [0.3, 0.4) is 0 Å². The first-order chi connectivity index (χ1) is 9.83. The van der Waals surface area contributed by atoms with Crippen LogP contribution in [0.4, 0.5) is 0 Å². The van der Waals surface area contributed by atoms with Crippen LogP contribution >= 0.6 is 0 Å². The highest BCUT2D eigenvalue weighted by molar-refractivity contribution is 5.10. The van der Waals surface area contributed by atoms with Gasteiger partial charge in [0.2, 0.25) is 0 Å². The zero-order valence-corrected chi connectivity index (χ0v) is 11.8. The molecule has 0 radical (unpaired) electrons. The van der Waals surface area contributed by atoms with Crippen LogP contribution in [0.25, 0.3) is 0 Å². The van der Waals surface area contributed by atoms with Crippen molar-refractivity contribution in [1.29, 1.82) is 0 Å². The van der Waals surface area contributed by atoms with E-state index >= 15 is 0 Å². The van der Waals surface area contributed by atoms with Gasteiger partial charge < -0.3 is 9.47 Å². The molecule has 2 fully saturated rings. The number of hydrogen-bond acceptors (Lipinski definition) is 5. The zero-order chi connectivity index (χ0) is 13.8. The van der Waals surface area contributed by atoms with Crippen molar-refractivity contribution in [3.05, 3.63) is 30.1 Å². The second kappa shape index (κ2) is 6.18. The molecule has 2 unspecified atom stereocenters. The predicted octanol–water partition coefficient (Wildman–Crippen LogP) is 1.56. The van der Waals surface area contributed by atoms with E-state index in [4.69, 9.17) is 15.3 Å². The third-order valence-corrected chi connectivity index (χ3v) is 4.59. The molecule has 1 aromatic heterocycles. The Morgan fingerprint density at radius 2 is 2.15 bits per heavy atom. The highest BCUT2D eigenvalue weighted by Crippen LogP contribution is 2.41. The minimum atomic E-state index is -0.00888. The molecule has 110 valence electrons. The number of nitrogens with two attached hydrogens (primary N) is 1. The van der Waals surface area contributed by atoms with Crippen LogP contribution in [0.5, 0.6) is 0 Å². The molecule has 2 aliphatic heterocycles. The largest absolute Gasteiger partial charge is 0.381 e. The Hall–Kier alpha value is -1.01. The fourth-order valence-electron chi connectivity index (χ4n) is 3.46. The average molecular weight is 277 g/mol. The van der Waals surface area contributed by atoms with Crippen LogP contribution in [-0.2, 0) is 9.47 Å². The summed E-state index contributed by atoms with van der Waals surface area (Å²) in [6.07, 6.45) is 5.85. The lowest BCUT2D eigenvalue weighted by Crippen LogP contribution is -2.47. The van der Waals surface area contributed by atoms with Gasteiger partial charge in [0.15, 0.2) is 0 Å². The Labute approximate surface area is 119 Å². The fourth-order valence-corrected chi connectivity index (χ4v) is 3.46. The molecule has 2 aliphatic rings. The summed E-state index contributed by atoms with van der Waals surface area (Å²) in [5.74, 6) is 6.26. The van der Waals surface area contributed by atoms with Gasteiger partial charge in [-0.25, -0.2) is 0 Å². The molecule has 5 heteroatoms. The molecule has 1 spiro atoms. The highest BCUT2D eigenvalue weighted by Gasteiger charge is 2.41. The minimum absolute atomic E-state index is 0.00888. The second-order valence-electron chi connectivity index (χ2n) is 5.80. The van der Waals surface area contributed by atoms with E-state index in [2.05, 4.69) is 10.4 Å². The molecule has 2 saturated heterocycles. The van der Waals surface area contributed by atoms with E-state index in [1.54, 1.807) is 0 Å². The van der Waals surface area contributed by atoms with E-state index in [1.807, 2.05) is 24.4 Å². The molecular weight excluding hydrogens is 254 g/mol. The lowest BCUT2D eigenvalue weighted by molar-refractivity contribution is -0.150. The van der Waals surface area contributed by atoms with Gasteiger partial charge in [0, 0.05) is 26.0 Å². The Morgan fingerprint density at radius 3 is 2.85 bits per heavy atom. The van der Waals surface area contributed by atoms with Crippen molar-refractivity contribution in [2.24, 2.45) is 11.8 Å². The van der Waals surface area contributed by atoms with Gasteiger partial charge in [-0.05, 0) is 43.7 Å². The summed E-state index contributed by atoms with van der Waals surface area (Å²) in [5, 5.41) is 0. The van der Waals surface area contributed by atoms with Gasteiger partial charge in [0.25, 0.3) is 0 Å². The minimum Gasteiger partial charge on any atom is -0.381 e. The number of ether oxygens (including phenoxy) is 2. The van der Waals surface area contributed by atoms with Gasteiger partial charge in [-0.2, -0.15) is 0 Å². The monoisotopic (exact) mass is 277 g/mol. The van der Waals surface area contributed by atoms with Crippen molar-refractivity contribution in [3.63, 3.8) is 0 Å². The summed E-state index contributed by atoms with van der Waals surface area (Å²) in [5.41, 5.74) is 3.97. The number of pyridine rings is 1. The molecule has 0 saturated carbocycles. The Balaban J connectivity index is 1.75. The maximum Gasteiger partial charge on any atom is 0.0729 e. The molecule has 5 nitrogen and oxygen atoms in total. The highest BCUT2D eigenvalue weighted by atomic mass is 16.5. The van der Waals surface area contributed by atoms with Crippen molar-refractivity contribution in [2.75, 3.05) is 19.8 Å². The normalized spacial score (nSPS) is 27.4. The lowest BCUT2D eigenvalue weighted by atomic mass is 9.77. The number of hydrogen-bond donors (Lipinski definition) is 2. The number of nitrogens with one attached hydrogen (secondary N) is 1. The van der Waals surface area contributed by atoms with Crippen LogP contribution in [0.1, 0.15) is 37.4 Å². The van der Waals surface area contributed by atoms with Crippen LogP contribution in [-0.4, -0.2) is 30.4 Å². The molecule has 0 amide bonds. The van der Waals surface area contributed by atoms with Crippen molar-refractivity contribution >= 4 is 0 Å². The zero-order valence-electron chi connectivity index (χ0n) is 11.8. The van der Waals surface area contributed by atoms with Crippen molar-refractivity contribution < 1.29 is 9.47 Å². The summed E-state index contributed by atoms with van der Waals surface area (Å²) in [6, 6.07) is 6.08. The molecule has 3 rings (SSSR count). The molecule has 0 aliphatic carbocycles. The molecule has 1 aromatic rings. The maximum atomic E-state index is 6.10. The van der Waals surface area contributed by atoms with Gasteiger partial charge in [0.05, 0.1) is 17.3 Å². The molecule has 3 heterocycles. The molecule has 0 bridgehead atoms. The summed E-state index contributed by atoms with van der Waals surface area (Å²) in [4.78, 5) is 4.45. The third-order valence-electron chi connectivity index (χ3n) is 4.59. The fraction of sp³-hybridized carbons (Fsp3) is 0.667. The average Bonchev–Trinajstić information content (AvgIpc) is 2.50. The van der Waals surface area contributed by atoms with Gasteiger partial charge in [0.1, 0.15) is 0 Å². The lowest BCUT2D eigenvalue weighted by Gasteiger charge is -2.45. The van der Waals surface area contributed by atoms with Crippen molar-refractivity contribution in [2.45, 2.75) is 37.3 Å². The standard InChI is InChI=1S/C15H23N3O2/c16-18-14(13-3-1-2-7-17-13)12-4-8-20-15(11-12)5-9-19-10-6-15/h1-3,7,12,14,18H,4-6,8-11,16H2. The summed E-state index contributed by atoms with van der Waals surface area (Å²) >= 11 is 0. The van der Waals surface area contributed by atoms with E-state index in [0.717, 1.165) is 51.2 Å². The first-order valence-electron chi connectivity index (χ1n) is 7.42. The second-order valence-corrected chi connectivity index (χ2v) is 5.80. The van der Waals surface area contributed by atoms with E-state index in [1.165, 1.54) is 0 Å². The van der Waals surface area contributed by atoms with E-state index in [-0.39, 0.29) is 11.6 Å². The maximum absolute atomic E-state index is 6.10. The summed E-state index contributed by atoms with van der Waals surface area (Å²) in [6.45, 7) is 2.41. The Morgan fingerprint density at radius 1 is 1.30 bits per heavy atom. The van der Waals surface area contributed by atoms with E-state index in [9.17, 15) is 0 Å². The Kier molecular flexibility index (Phi) is 4.31. The third kappa shape index (κ3) is 2.86. The molecule has 3 N–H and O–H groups in total. The number of nitrogens with zero attached hydrogens (tertiary/aromatic N) is 1. The first kappa shape index (κ1) is 13.9. The summed E-state index contributed by atoms with van der Waals surface area (Å²) < 4.78 is 11.6. The van der Waals surface area contributed by atoms with Gasteiger partial charge in [-0.3, -0.25) is 16.3 Å². The van der Waals surface area contributed by atoms with Crippen LogP contribution in [0.15, 0.2) is 24.4 Å². The van der Waals surface area contributed by atoms with Crippen LogP contribution in [0.2, 0.25) is 0 Å². The van der Waals surface area contributed by atoms with Crippen LogP contribution < -0.4 is 11.3 Å². The van der Waals surface area contributed by atoms with Crippen molar-refractivity contribution in [3.8, 4) is 0 Å². The predicted molar refractivity (Wildman–Crippen MR) is 75.8 cm³/mol. The van der Waals surface area contributed by atoms with Gasteiger partial charge in [-0.1, -0.05) is 6.07 Å². The van der Waals surface area contributed by atoms with Gasteiger partial charge in [-0.15, -0.1) is 0 Å². The quantitative estimate of drug-likeness (QED) is 0.648. The first-order valence-corrected chi connectivity index (χ1v) is 7.42. The van der Waals surface area contributed by atoms with E-state index in [0.29, 0.717) is 5.92 Å². The smallest absolute Gasteiger partial charge is 0.0729 e. The molecule has 2 atom stereocenters. The summed E-state index contributed by atoms with van der Waals surface area (Å²) in [7, 11) is 0. The van der Waals surface area contributed by atoms with Crippen LogP contribution in [0, 0.1) is 5.92 Å². The van der Waals surface area contributed by atoms with Gasteiger partial charge >= 0.3 is 0 Å². The number of rotatable bonds is 3. The molecular formula is C15H23N3O2. The van der Waals surface area contributed by atoms with E-state index < -0.39 is 0 Å². The van der Waals surface area contributed by atoms with Crippen molar-refractivity contribution in [1.82, 2.24) is 10.4 Å². The number of hydrazine groups is 1. The molecule has 0 aromatic carbocycles. The topological polar surface area (TPSA) is 69.4 Å². The number of aromatic nitrogens is 1. The molecule has 20 heavy (non-hydrogen) atoms. The Bertz CT molecular complexity index is 415.